The maximum absolute atomic E-state index is 6.32. The Labute approximate surface area is 213 Å². The van der Waals surface area contributed by atoms with Crippen molar-refractivity contribution in [2.24, 2.45) is 0 Å². The number of aromatic nitrogens is 4. The molecule has 0 atom stereocenters. The molecule has 0 bridgehead atoms. The van der Waals surface area contributed by atoms with Gasteiger partial charge in [0.1, 0.15) is 11.5 Å². The van der Waals surface area contributed by atoms with Crippen molar-refractivity contribution in [3.05, 3.63) is 89.2 Å². The second-order valence-electron chi connectivity index (χ2n) is 10.1. The molecule has 0 N–H and O–H groups in total. The predicted molar refractivity (Wildman–Crippen MR) is 141 cm³/mol. The largest absolute Gasteiger partial charge is 0.438 e. The van der Waals surface area contributed by atoms with Gasteiger partial charge in [-0.3, -0.25) is 9.97 Å². The van der Waals surface area contributed by atoms with E-state index in [4.69, 9.17) is 29.4 Å². The van der Waals surface area contributed by atoms with E-state index >= 15 is 0 Å². The summed E-state index contributed by atoms with van der Waals surface area (Å²) >= 11 is 0. The van der Waals surface area contributed by atoms with Crippen LogP contribution in [0.2, 0.25) is 0 Å². The summed E-state index contributed by atoms with van der Waals surface area (Å²) in [6.07, 6.45) is 8.13. The summed E-state index contributed by atoms with van der Waals surface area (Å²) in [5.41, 5.74) is 11.9. The summed E-state index contributed by atoms with van der Waals surface area (Å²) in [6, 6.07) is 18.7. The quantitative estimate of drug-likeness (QED) is 0.354. The van der Waals surface area contributed by atoms with Crippen LogP contribution in [-0.2, 0) is 25.7 Å². The monoisotopic (exact) mass is 478 g/mol. The van der Waals surface area contributed by atoms with Gasteiger partial charge in [0.05, 0.1) is 35.0 Å². The Balaban J connectivity index is 1.20. The first kappa shape index (κ1) is 19.6. The van der Waals surface area contributed by atoms with Gasteiger partial charge in [0.2, 0.25) is 11.8 Å². The maximum atomic E-state index is 6.32. The molecule has 0 unspecified atom stereocenters. The summed E-state index contributed by atoms with van der Waals surface area (Å²) in [6.45, 7) is -0.251. The summed E-state index contributed by atoms with van der Waals surface area (Å²) in [5, 5.41) is 0. The van der Waals surface area contributed by atoms with Crippen molar-refractivity contribution in [2.75, 3.05) is 0 Å². The van der Waals surface area contributed by atoms with E-state index in [0.29, 0.717) is 11.8 Å². The fourth-order valence-electron chi connectivity index (χ4n) is 6.14. The van der Waals surface area contributed by atoms with Gasteiger partial charge in [-0.15, -0.1) is 0 Å². The van der Waals surface area contributed by atoms with E-state index in [1.807, 2.05) is 30.6 Å². The van der Waals surface area contributed by atoms with Gasteiger partial charge in [-0.25, -0.2) is 9.97 Å². The van der Waals surface area contributed by atoms with Crippen molar-refractivity contribution in [2.45, 2.75) is 25.7 Å². The highest BCUT2D eigenvalue weighted by molar-refractivity contribution is 6.97. The van der Waals surface area contributed by atoms with Gasteiger partial charge in [-0.05, 0) is 60.1 Å². The van der Waals surface area contributed by atoms with E-state index in [-0.39, 0.29) is 6.71 Å². The van der Waals surface area contributed by atoms with Gasteiger partial charge >= 0.3 is 6.71 Å². The molecule has 2 aliphatic carbocycles. The molecular formula is C30H19BN4O2. The fraction of sp³-hybridized carbons (Fsp3) is 0.133. The third-order valence-corrected chi connectivity index (χ3v) is 8.20. The van der Waals surface area contributed by atoms with Gasteiger partial charge in [0.15, 0.2) is 0 Å². The number of nitrogens with zero attached hydrogens (tertiary/aromatic N) is 4. The van der Waals surface area contributed by atoms with Gasteiger partial charge in [0.25, 0.3) is 0 Å². The Morgan fingerprint density at radius 3 is 1.59 bits per heavy atom. The highest BCUT2D eigenvalue weighted by Gasteiger charge is 2.44. The number of hydrogen-bond donors (Lipinski definition) is 0. The molecule has 2 aromatic heterocycles. The molecule has 4 heterocycles. The summed E-state index contributed by atoms with van der Waals surface area (Å²) in [5.74, 6) is 2.49. The Morgan fingerprint density at radius 2 is 1.11 bits per heavy atom. The van der Waals surface area contributed by atoms with Gasteiger partial charge in [-0.2, -0.15) is 0 Å². The highest BCUT2D eigenvalue weighted by atomic mass is 16.5. The molecule has 0 radical (unpaired) electrons. The van der Waals surface area contributed by atoms with Crippen LogP contribution in [0.3, 0.4) is 0 Å². The van der Waals surface area contributed by atoms with Gasteiger partial charge < -0.3 is 9.47 Å². The predicted octanol–water partition coefficient (Wildman–Crippen LogP) is 3.53. The van der Waals surface area contributed by atoms with E-state index in [1.165, 1.54) is 22.3 Å². The molecule has 0 fully saturated rings. The minimum absolute atomic E-state index is 0.251. The zero-order chi connectivity index (χ0) is 24.1. The second kappa shape index (κ2) is 7.04. The van der Waals surface area contributed by atoms with Crippen LogP contribution in [0.25, 0.3) is 22.5 Å². The van der Waals surface area contributed by atoms with Crippen LogP contribution >= 0.6 is 0 Å². The second-order valence-corrected chi connectivity index (χ2v) is 10.1. The van der Waals surface area contributed by atoms with E-state index in [9.17, 15) is 0 Å². The molecule has 5 aromatic rings. The number of benzene rings is 3. The Bertz CT molecular complexity index is 1690. The summed E-state index contributed by atoms with van der Waals surface area (Å²) in [4.78, 5) is 19.8. The van der Waals surface area contributed by atoms with Gasteiger partial charge in [0, 0.05) is 16.6 Å². The lowest BCUT2D eigenvalue weighted by molar-refractivity contribution is 0.444. The number of aryl methyl sites for hydroxylation is 2. The lowest BCUT2D eigenvalue weighted by Gasteiger charge is -2.30. The zero-order valence-electron chi connectivity index (χ0n) is 19.9. The smallest absolute Gasteiger partial charge is 0.311 e. The van der Waals surface area contributed by atoms with Crippen molar-refractivity contribution < 1.29 is 9.47 Å². The van der Waals surface area contributed by atoms with Crippen LogP contribution in [0.1, 0.15) is 22.3 Å². The molecule has 4 aliphatic rings. The first-order valence-electron chi connectivity index (χ1n) is 12.8. The SMILES string of the molecule is c1cc2c3c(c1)Oc1nc(-c4cccc5c4CC5)cnc1B3c1ncc(-c3cccc4c3CC4)nc1O2. The summed E-state index contributed by atoms with van der Waals surface area (Å²) < 4.78 is 12.6. The van der Waals surface area contributed by atoms with Crippen molar-refractivity contribution in [1.82, 2.24) is 19.9 Å². The first-order valence-corrected chi connectivity index (χ1v) is 12.8. The average molecular weight is 478 g/mol. The van der Waals surface area contributed by atoms with Crippen LogP contribution < -0.4 is 26.1 Å². The molecule has 174 valence electrons. The minimum Gasteiger partial charge on any atom is -0.438 e. The lowest BCUT2D eigenvalue weighted by atomic mass is 9.38. The highest BCUT2D eigenvalue weighted by Crippen LogP contribution is 2.37. The fourth-order valence-corrected chi connectivity index (χ4v) is 6.14. The number of rotatable bonds is 2. The van der Waals surface area contributed by atoms with Crippen LogP contribution in [0, 0.1) is 0 Å². The van der Waals surface area contributed by atoms with Crippen LogP contribution in [-0.4, -0.2) is 26.6 Å². The Hall–Kier alpha value is -4.52. The van der Waals surface area contributed by atoms with Crippen molar-refractivity contribution in [3.63, 3.8) is 0 Å². The zero-order valence-corrected chi connectivity index (χ0v) is 19.9. The molecule has 37 heavy (non-hydrogen) atoms. The van der Waals surface area contributed by atoms with Crippen LogP contribution in [0.4, 0.5) is 0 Å². The molecule has 0 amide bonds. The van der Waals surface area contributed by atoms with Crippen molar-refractivity contribution in [3.8, 4) is 45.8 Å². The molecule has 9 rings (SSSR count). The normalized spacial score (nSPS) is 15.0. The third-order valence-electron chi connectivity index (χ3n) is 8.20. The number of ether oxygens (including phenoxy) is 2. The molecule has 0 saturated heterocycles. The topological polar surface area (TPSA) is 70.0 Å². The molecule has 2 aliphatic heterocycles. The molecular weight excluding hydrogens is 459 g/mol. The maximum Gasteiger partial charge on any atom is 0.311 e. The summed E-state index contributed by atoms with van der Waals surface area (Å²) in [7, 11) is 0. The molecule has 6 nitrogen and oxygen atoms in total. The standard InChI is InChI=1S/C30H19BN4O2/c1-4-16-10-12-18(16)20(6-1)22-14-32-27-29(34-22)36-24-8-3-9-25-26(24)31(27)28-30(37-25)35-23(15-33-28)21-7-2-5-17-11-13-19(17)21/h1-9,14-15H,10-13H2. The number of fused-ring (bicyclic) bond motifs is 6. The van der Waals surface area contributed by atoms with Crippen LogP contribution in [0.5, 0.6) is 23.3 Å². The van der Waals surface area contributed by atoms with Crippen molar-refractivity contribution in [1.29, 1.82) is 0 Å². The molecule has 7 heteroatoms. The van der Waals surface area contributed by atoms with Crippen LogP contribution in [0.15, 0.2) is 67.0 Å². The average Bonchev–Trinajstić information content (AvgIpc) is 2.89. The Kier molecular flexibility index (Phi) is 3.74. The third kappa shape index (κ3) is 2.66. The number of hydrogen-bond acceptors (Lipinski definition) is 6. The van der Waals surface area contributed by atoms with E-state index in [0.717, 1.165) is 76.3 Å². The molecule has 0 saturated carbocycles. The van der Waals surface area contributed by atoms with E-state index in [1.54, 1.807) is 0 Å². The van der Waals surface area contributed by atoms with Gasteiger partial charge in [-0.1, -0.05) is 42.5 Å². The molecule has 0 spiro atoms. The van der Waals surface area contributed by atoms with Crippen molar-refractivity contribution >= 4 is 23.4 Å². The lowest BCUT2D eigenvalue weighted by Crippen LogP contribution is -2.59. The van der Waals surface area contributed by atoms with E-state index < -0.39 is 0 Å². The minimum atomic E-state index is -0.251. The van der Waals surface area contributed by atoms with E-state index in [2.05, 4.69) is 36.4 Å². The molecule has 3 aromatic carbocycles. The first-order chi connectivity index (χ1) is 18.3. The Morgan fingerprint density at radius 1 is 0.595 bits per heavy atom.